The zero-order valence-corrected chi connectivity index (χ0v) is 12.4. The normalized spacial score (nSPS) is 18.1. The largest absolute Gasteiger partial charge is 0.465 e. The van der Waals surface area contributed by atoms with Crippen LogP contribution in [0, 0.1) is 10.1 Å². The highest BCUT2D eigenvalue weighted by molar-refractivity contribution is 5.95. The number of nitro groups is 1. The van der Waals surface area contributed by atoms with Crippen LogP contribution in [-0.4, -0.2) is 56.1 Å². The van der Waals surface area contributed by atoms with Gasteiger partial charge < -0.3 is 14.5 Å². The van der Waals surface area contributed by atoms with Gasteiger partial charge in [0, 0.05) is 30.9 Å². The van der Waals surface area contributed by atoms with Crippen LogP contribution in [0.1, 0.15) is 16.8 Å². The third-order valence-electron chi connectivity index (χ3n) is 3.84. The van der Waals surface area contributed by atoms with E-state index in [1.165, 1.54) is 13.2 Å². The van der Waals surface area contributed by atoms with Gasteiger partial charge in [-0.15, -0.1) is 0 Å². The van der Waals surface area contributed by atoms with Crippen LogP contribution in [0.5, 0.6) is 0 Å². The molecule has 0 amide bonds. The summed E-state index contributed by atoms with van der Waals surface area (Å²) in [4.78, 5) is 26.4. The van der Waals surface area contributed by atoms with E-state index in [0.29, 0.717) is 6.04 Å². The van der Waals surface area contributed by atoms with Crippen molar-refractivity contribution in [3.05, 3.63) is 33.9 Å². The van der Waals surface area contributed by atoms with Crippen LogP contribution in [0.3, 0.4) is 0 Å². The molecule has 1 aromatic rings. The van der Waals surface area contributed by atoms with Gasteiger partial charge in [0.2, 0.25) is 0 Å². The number of anilines is 1. The van der Waals surface area contributed by atoms with Crippen LogP contribution < -0.4 is 4.90 Å². The van der Waals surface area contributed by atoms with Gasteiger partial charge in [-0.05, 0) is 32.6 Å². The highest BCUT2D eigenvalue weighted by Gasteiger charge is 2.27. The molecule has 7 heteroatoms. The van der Waals surface area contributed by atoms with Crippen LogP contribution in [-0.2, 0) is 4.74 Å². The van der Waals surface area contributed by atoms with Gasteiger partial charge in [0.05, 0.1) is 12.0 Å². The molecule has 0 spiro atoms. The third-order valence-corrected chi connectivity index (χ3v) is 3.84. The van der Waals surface area contributed by atoms with E-state index in [0.717, 1.165) is 25.2 Å². The summed E-state index contributed by atoms with van der Waals surface area (Å²) in [5.41, 5.74) is 0.576. The molecule has 1 aliphatic heterocycles. The smallest absolute Gasteiger partial charge is 0.344 e. The Bertz CT molecular complexity index is 559. The average molecular weight is 293 g/mol. The third kappa shape index (κ3) is 3.13. The average Bonchev–Trinajstić information content (AvgIpc) is 2.95. The standard InChI is InChI=1S/C14H19N3O4/c1-15(2)11-6-7-16(9-11)10-4-5-13(17(19)20)12(8-10)14(18)21-3/h4-5,8,11H,6-7,9H2,1-3H3. The Balaban J connectivity index is 2.30. The number of likely N-dealkylation sites (N-methyl/N-ethyl adjacent to an activating group) is 1. The first-order valence-electron chi connectivity index (χ1n) is 6.72. The number of ether oxygens (including phenoxy) is 1. The Labute approximate surface area is 123 Å². The molecule has 0 radical (unpaired) electrons. The van der Waals surface area contributed by atoms with E-state index in [1.807, 2.05) is 14.1 Å². The Hall–Kier alpha value is -2.15. The van der Waals surface area contributed by atoms with E-state index in [2.05, 4.69) is 14.5 Å². The van der Waals surface area contributed by atoms with Gasteiger partial charge in [-0.3, -0.25) is 10.1 Å². The van der Waals surface area contributed by atoms with Gasteiger partial charge in [-0.1, -0.05) is 0 Å². The number of hydrogen-bond donors (Lipinski definition) is 0. The number of hydrogen-bond acceptors (Lipinski definition) is 6. The second-order valence-corrected chi connectivity index (χ2v) is 5.30. The van der Waals surface area contributed by atoms with Crippen molar-refractivity contribution < 1.29 is 14.5 Å². The number of nitrogens with zero attached hydrogens (tertiary/aromatic N) is 3. The zero-order valence-electron chi connectivity index (χ0n) is 12.4. The second kappa shape index (κ2) is 6.09. The van der Waals surface area contributed by atoms with Crippen molar-refractivity contribution in [3.8, 4) is 0 Å². The molecule has 2 rings (SSSR count). The summed E-state index contributed by atoms with van der Waals surface area (Å²) in [5.74, 6) is -0.688. The number of nitro benzene ring substituents is 1. The van der Waals surface area contributed by atoms with Crippen molar-refractivity contribution in [2.75, 3.05) is 39.2 Å². The van der Waals surface area contributed by atoms with E-state index in [9.17, 15) is 14.9 Å². The Kier molecular flexibility index (Phi) is 4.42. The molecule has 1 atom stereocenters. The zero-order chi connectivity index (χ0) is 15.6. The fourth-order valence-corrected chi connectivity index (χ4v) is 2.55. The van der Waals surface area contributed by atoms with Gasteiger partial charge in [0.15, 0.2) is 0 Å². The monoisotopic (exact) mass is 293 g/mol. The minimum Gasteiger partial charge on any atom is -0.465 e. The number of carbonyl (C=O) groups is 1. The molecule has 0 bridgehead atoms. The van der Waals surface area contributed by atoms with Gasteiger partial charge in [-0.25, -0.2) is 4.79 Å². The van der Waals surface area contributed by atoms with E-state index in [1.54, 1.807) is 12.1 Å². The molecule has 1 aromatic carbocycles. The summed E-state index contributed by atoms with van der Waals surface area (Å²) in [6.45, 7) is 1.70. The van der Waals surface area contributed by atoms with Gasteiger partial charge in [-0.2, -0.15) is 0 Å². The number of esters is 1. The Morgan fingerprint density at radius 2 is 2.19 bits per heavy atom. The van der Waals surface area contributed by atoms with Gasteiger partial charge >= 0.3 is 5.97 Å². The highest BCUT2D eigenvalue weighted by atomic mass is 16.6. The molecule has 1 aliphatic rings. The lowest BCUT2D eigenvalue weighted by Crippen LogP contribution is -2.31. The first kappa shape index (κ1) is 15.2. The molecule has 114 valence electrons. The molecule has 0 N–H and O–H groups in total. The molecule has 0 aromatic heterocycles. The highest BCUT2D eigenvalue weighted by Crippen LogP contribution is 2.28. The summed E-state index contributed by atoms with van der Waals surface area (Å²) in [5, 5.41) is 11.0. The summed E-state index contributed by atoms with van der Waals surface area (Å²) in [7, 11) is 5.28. The number of benzene rings is 1. The fourth-order valence-electron chi connectivity index (χ4n) is 2.55. The van der Waals surface area contributed by atoms with Crippen LogP contribution in [0.4, 0.5) is 11.4 Å². The topological polar surface area (TPSA) is 75.9 Å². The molecule has 1 saturated heterocycles. The summed E-state index contributed by atoms with van der Waals surface area (Å²) in [6.07, 6.45) is 1.03. The molecular formula is C14H19N3O4. The van der Waals surface area contributed by atoms with Crippen molar-refractivity contribution in [1.82, 2.24) is 4.90 Å². The van der Waals surface area contributed by atoms with E-state index < -0.39 is 10.9 Å². The molecule has 1 fully saturated rings. The van der Waals surface area contributed by atoms with Crippen LogP contribution in [0.15, 0.2) is 18.2 Å². The number of methoxy groups -OCH3 is 1. The van der Waals surface area contributed by atoms with E-state index in [4.69, 9.17) is 0 Å². The first-order valence-corrected chi connectivity index (χ1v) is 6.72. The van der Waals surface area contributed by atoms with Crippen molar-refractivity contribution in [3.63, 3.8) is 0 Å². The van der Waals surface area contributed by atoms with E-state index in [-0.39, 0.29) is 11.3 Å². The minimum absolute atomic E-state index is 0.00620. The lowest BCUT2D eigenvalue weighted by molar-refractivity contribution is -0.385. The van der Waals surface area contributed by atoms with Crippen molar-refractivity contribution in [2.45, 2.75) is 12.5 Å². The van der Waals surface area contributed by atoms with Gasteiger partial charge in [0.1, 0.15) is 5.56 Å². The van der Waals surface area contributed by atoms with Crippen molar-refractivity contribution in [2.24, 2.45) is 0 Å². The van der Waals surface area contributed by atoms with E-state index >= 15 is 0 Å². The summed E-state index contributed by atoms with van der Waals surface area (Å²) < 4.78 is 4.63. The maximum absolute atomic E-state index is 11.7. The maximum atomic E-state index is 11.7. The number of carbonyl (C=O) groups excluding carboxylic acids is 1. The minimum atomic E-state index is -0.688. The van der Waals surface area contributed by atoms with Crippen molar-refractivity contribution in [1.29, 1.82) is 0 Å². The fraction of sp³-hybridized carbons (Fsp3) is 0.500. The maximum Gasteiger partial charge on any atom is 0.344 e. The molecule has 21 heavy (non-hydrogen) atoms. The predicted octanol–water partition coefficient (Wildman–Crippen LogP) is 1.52. The molecule has 7 nitrogen and oxygen atoms in total. The van der Waals surface area contributed by atoms with Crippen LogP contribution in [0.2, 0.25) is 0 Å². The Morgan fingerprint density at radius 3 is 2.71 bits per heavy atom. The lowest BCUT2D eigenvalue weighted by atomic mass is 10.1. The van der Waals surface area contributed by atoms with Gasteiger partial charge in [0.25, 0.3) is 5.69 Å². The van der Waals surface area contributed by atoms with Crippen LogP contribution in [0.25, 0.3) is 0 Å². The predicted molar refractivity (Wildman–Crippen MR) is 78.7 cm³/mol. The molecule has 0 aliphatic carbocycles. The van der Waals surface area contributed by atoms with Crippen LogP contribution >= 0.6 is 0 Å². The van der Waals surface area contributed by atoms with Crippen molar-refractivity contribution >= 4 is 17.3 Å². The SMILES string of the molecule is COC(=O)c1cc(N2CCC(N(C)C)C2)ccc1[N+](=O)[O-]. The summed E-state index contributed by atoms with van der Waals surface area (Å²) >= 11 is 0. The second-order valence-electron chi connectivity index (χ2n) is 5.30. The lowest BCUT2D eigenvalue weighted by Gasteiger charge is -2.22. The molecule has 0 saturated carbocycles. The summed E-state index contributed by atoms with van der Waals surface area (Å²) in [6, 6.07) is 5.04. The molecular weight excluding hydrogens is 274 g/mol. The molecule has 1 heterocycles. The first-order chi connectivity index (χ1) is 9.93. The Morgan fingerprint density at radius 1 is 1.48 bits per heavy atom. The number of rotatable bonds is 4. The quantitative estimate of drug-likeness (QED) is 0.476. The molecule has 1 unspecified atom stereocenters.